The molecule has 3 nitrogen and oxygen atoms in total. The minimum absolute atomic E-state index is 0.575. The summed E-state index contributed by atoms with van der Waals surface area (Å²) >= 11 is 4.94. The Bertz CT molecular complexity index is 438. The van der Waals surface area contributed by atoms with E-state index >= 15 is 0 Å². The Labute approximate surface area is 100.0 Å². The first kappa shape index (κ1) is 10.7. The molecule has 2 heterocycles. The lowest BCUT2D eigenvalue weighted by Crippen LogP contribution is -2.00. The number of aromatic nitrogens is 2. The molecular weight excluding hydrogens is 276 g/mol. The fourth-order valence-electron chi connectivity index (χ4n) is 1.22. The van der Waals surface area contributed by atoms with Crippen molar-refractivity contribution >= 4 is 27.3 Å². The molecule has 1 N–H and O–H groups in total. The summed E-state index contributed by atoms with van der Waals surface area (Å²) in [5.74, 6) is 0. The third-order valence-corrected chi connectivity index (χ3v) is 4.20. The molecule has 0 amide bonds. The molecule has 78 valence electrons. The predicted molar refractivity (Wildman–Crippen MR) is 62.8 cm³/mol. The Morgan fingerprint density at radius 3 is 2.80 bits per heavy atom. The first-order chi connectivity index (χ1) is 7.18. The van der Waals surface area contributed by atoms with Crippen molar-refractivity contribution in [3.8, 4) is 0 Å². The van der Waals surface area contributed by atoms with Crippen molar-refractivity contribution in [1.82, 2.24) is 9.97 Å². The molecule has 0 radical (unpaired) electrons. The molecule has 0 aliphatic rings. The van der Waals surface area contributed by atoms with Crippen LogP contribution in [0, 0.1) is 6.92 Å². The van der Waals surface area contributed by atoms with Crippen LogP contribution in [0.5, 0.6) is 0 Å². The molecule has 2 aromatic rings. The van der Waals surface area contributed by atoms with E-state index in [2.05, 4.69) is 25.9 Å². The van der Waals surface area contributed by atoms with Gasteiger partial charge in [0, 0.05) is 17.3 Å². The summed E-state index contributed by atoms with van der Waals surface area (Å²) in [5.41, 5.74) is 1.70. The van der Waals surface area contributed by atoms with Crippen molar-refractivity contribution < 1.29 is 5.11 Å². The summed E-state index contributed by atoms with van der Waals surface area (Å²) in [7, 11) is 0. The van der Waals surface area contributed by atoms with Gasteiger partial charge in [-0.25, -0.2) is 0 Å². The van der Waals surface area contributed by atoms with Crippen LogP contribution < -0.4 is 0 Å². The van der Waals surface area contributed by atoms with Gasteiger partial charge in [0.15, 0.2) is 0 Å². The highest BCUT2D eigenvalue weighted by Crippen LogP contribution is 2.33. The van der Waals surface area contributed by atoms with Gasteiger partial charge in [-0.1, -0.05) is 0 Å². The summed E-state index contributed by atoms with van der Waals surface area (Å²) in [6.45, 7) is 1.99. The van der Waals surface area contributed by atoms with Crippen LogP contribution in [0.2, 0.25) is 0 Å². The van der Waals surface area contributed by atoms with Crippen LogP contribution in [-0.2, 0) is 0 Å². The average molecular weight is 285 g/mol. The number of aliphatic hydroxyl groups is 1. The van der Waals surface area contributed by atoms with Crippen molar-refractivity contribution in [1.29, 1.82) is 0 Å². The summed E-state index contributed by atoms with van der Waals surface area (Å²) in [6, 6.07) is 1.95. The Morgan fingerprint density at radius 1 is 1.47 bits per heavy atom. The SMILES string of the molecule is Cc1cc(C(O)c2cnccn2)sc1Br. The van der Waals surface area contributed by atoms with Crippen LogP contribution in [0.3, 0.4) is 0 Å². The number of aryl methyl sites for hydroxylation is 1. The van der Waals surface area contributed by atoms with E-state index in [1.165, 1.54) is 11.3 Å². The second-order valence-electron chi connectivity index (χ2n) is 3.14. The number of thiophene rings is 1. The van der Waals surface area contributed by atoms with Gasteiger partial charge >= 0.3 is 0 Å². The molecule has 1 unspecified atom stereocenters. The highest BCUT2D eigenvalue weighted by Gasteiger charge is 2.15. The largest absolute Gasteiger partial charge is 0.381 e. The highest BCUT2D eigenvalue weighted by molar-refractivity contribution is 9.11. The second-order valence-corrected chi connectivity index (χ2v) is 5.54. The minimum atomic E-state index is -0.686. The first-order valence-electron chi connectivity index (χ1n) is 4.38. The lowest BCUT2D eigenvalue weighted by atomic mass is 10.2. The van der Waals surface area contributed by atoms with Gasteiger partial charge in [-0.05, 0) is 34.5 Å². The second kappa shape index (κ2) is 4.38. The molecule has 0 saturated carbocycles. The van der Waals surface area contributed by atoms with E-state index in [0.717, 1.165) is 14.2 Å². The highest BCUT2D eigenvalue weighted by atomic mass is 79.9. The van der Waals surface area contributed by atoms with Gasteiger partial charge in [0.25, 0.3) is 0 Å². The van der Waals surface area contributed by atoms with Crippen LogP contribution in [0.4, 0.5) is 0 Å². The Hall–Kier alpha value is -0.780. The van der Waals surface area contributed by atoms with E-state index in [4.69, 9.17) is 0 Å². The molecule has 2 rings (SSSR count). The molecule has 1 atom stereocenters. The van der Waals surface area contributed by atoms with E-state index < -0.39 is 6.10 Å². The van der Waals surface area contributed by atoms with Gasteiger partial charge in [-0.15, -0.1) is 11.3 Å². The fourth-order valence-corrected chi connectivity index (χ4v) is 2.79. The molecule has 0 aliphatic carbocycles. The maximum atomic E-state index is 10.0. The molecule has 15 heavy (non-hydrogen) atoms. The molecule has 5 heteroatoms. The summed E-state index contributed by atoms with van der Waals surface area (Å²) in [5, 5.41) is 10.0. The number of hydrogen-bond donors (Lipinski definition) is 1. The van der Waals surface area contributed by atoms with Crippen molar-refractivity contribution in [2.75, 3.05) is 0 Å². The van der Waals surface area contributed by atoms with Gasteiger partial charge in [0.1, 0.15) is 6.10 Å². The predicted octanol–water partition coefficient (Wildman–Crippen LogP) is 2.69. The number of aliphatic hydroxyl groups excluding tert-OH is 1. The topological polar surface area (TPSA) is 46.0 Å². The Balaban J connectivity index is 2.32. The molecule has 0 saturated heterocycles. The van der Waals surface area contributed by atoms with Crippen molar-refractivity contribution in [2.24, 2.45) is 0 Å². The lowest BCUT2D eigenvalue weighted by Gasteiger charge is -2.05. The van der Waals surface area contributed by atoms with Gasteiger partial charge in [-0.3, -0.25) is 9.97 Å². The van der Waals surface area contributed by atoms with Gasteiger partial charge in [0.2, 0.25) is 0 Å². The van der Waals surface area contributed by atoms with Crippen molar-refractivity contribution in [3.05, 3.63) is 44.6 Å². The maximum Gasteiger partial charge on any atom is 0.132 e. The summed E-state index contributed by atoms with van der Waals surface area (Å²) < 4.78 is 1.04. The molecule has 0 bridgehead atoms. The number of halogens is 1. The van der Waals surface area contributed by atoms with E-state index in [9.17, 15) is 5.11 Å². The third kappa shape index (κ3) is 2.25. The molecular formula is C10H9BrN2OS. The molecule has 0 aliphatic heterocycles. The quantitative estimate of drug-likeness (QED) is 0.922. The zero-order valence-corrected chi connectivity index (χ0v) is 10.4. The molecule has 0 fully saturated rings. The van der Waals surface area contributed by atoms with Gasteiger partial charge in [0.05, 0.1) is 15.7 Å². The lowest BCUT2D eigenvalue weighted by molar-refractivity contribution is 0.218. The Kier molecular flexibility index (Phi) is 3.14. The molecule has 0 aromatic carbocycles. The fraction of sp³-hybridized carbons (Fsp3) is 0.200. The number of nitrogens with zero attached hydrogens (tertiary/aromatic N) is 2. The molecule has 2 aromatic heterocycles. The normalized spacial score (nSPS) is 12.7. The van der Waals surface area contributed by atoms with Crippen molar-refractivity contribution in [3.63, 3.8) is 0 Å². The van der Waals surface area contributed by atoms with Crippen LogP contribution in [0.15, 0.2) is 28.4 Å². The van der Waals surface area contributed by atoms with Gasteiger partial charge < -0.3 is 5.11 Å². The maximum absolute atomic E-state index is 10.0. The van der Waals surface area contributed by atoms with E-state index in [0.29, 0.717) is 5.69 Å². The zero-order valence-electron chi connectivity index (χ0n) is 8.01. The first-order valence-corrected chi connectivity index (χ1v) is 5.99. The van der Waals surface area contributed by atoms with E-state index in [1.807, 2.05) is 13.0 Å². The van der Waals surface area contributed by atoms with Crippen molar-refractivity contribution in [2.45, 2.75) is 13.0 Å². The number of rotatable bonds is 2. The average Bonchev–Trinajstić information content (AvgIpc) is 2.59. The standard InChI is InChI=1S/C10H9BrN2OS/c1-6-4-8(15-10(6)11)9(14)7-5-12-2-3-13-7/h2-5,9,14H,1H3. The third-order valence-electron chi connectivity index (χ3n) is 2.01. The zero-order chi connectivity index (χ0) is 10.8. The summed E-state index contributed by atoms with van der Waals surface area (Å²) in [6.07, 6.45) is 4.06. The number of hydrogen-bond acceptors (Lipinski definition) is 4. The van der Waals surface area contributed by atoms with E-state index in [-0.39, 0.29) is 0 Å². The summed E-state index contributed by atoms with van der Waals surface area (Å²) in [4.78, 5) is 8.88. The molecule has 0 spiro atoms. The van der Waals surface area contributed by atoms with Crippen LogP contribution in [0.1, 0.15) is 22.2 Å². The van der Waals surface area contributed by atoms with Crippen LogP contribution in [-0.4, -0.2) is 15.1 Å². The van der Waals surface area contributed by atoms with E-state index in [1.54, 1.807) is 18.6 Å². The minimum Gasteiger partial charge on any atom is -0.381 e. The Morgan fingerprint density at radius 2 is 2.27 bits per heavy atom. The van der Waals surface area contributed by atoms with Gasteiger partial charge in [-0.2, -0.15) is 0 Å². The smallest absolute Gasteiger partial charge is 0.132 e. The van der Waals surface area contributed by atoms with Crippen LogP contribution in [0.25, 0.3) is 0 Å². The van der Waals surface area contributed by atoms with Crippen LogP contribution >= 0.6 is 27.3 Å². The monoisotopic (exact) mass is 284 g/mol.